The summed E-state index contributed by atoms with van der Waals surface area (Å²) in [7, 11) is 0. The van der Waals surface area contributed by atoms with Crippen molar-refractivity contribution in [3.8, 4) is 0 Å². The number of nitrogens with zero attached hydrogens (tertiary/aromatic N) is 3. The Morgan fingerprint density at radius 3 is 2.52 bits per heavy atom. The summed E-state index contributed by atoms with van der Waals surface area (Å²) in [6.45, 7) is 3.21. The van der Waals surface area contributed by atoms with Gasteiger partial charge in [-0.3, -0.25) is 14.4 Å². The Hall–Kier alpha value is -3.48. The van der Waals surface area contributed by atoms with Crippen LogP contribution in [0.4, 0.5) is 0 Å². The normalized spacial score (nSPS) is 16.3. The first-order valence-electron chi connectivity index (χ1n) is 10.6. The summed E-state index contributed by atoms with van der Waals surface area (Å²) in [5.74, 6) is -0.877. The van der Waals surface area contributed by atoms with Gasteiger partial charge >= 0.3 is 5.97 Å². The summed E-state index contributed by atoms with van der Waals surface area (Å²) in [4.78, 5) is 40.3. The van der Waals surface area contributed by atoms with Gasteiger partial charge in [0.2, 0.25) is 0 Å². The SMILES string of the molecule is CCOC(=O)C1CCCN(C(=O)c2nn(Cc3ccccc3)c(=O)c3ccccc23)C1. The number of aromatic nitrogens is 2. The second kappa shape index (κ2) is 9.12. The van der Waals surface area contributed by atoms with Gasteiger partial charge in [-0.25, -0.2) is 4.68 Å². The number of carbonyl (C=O) groups excluding carboxylic acids is 2. The predicted octanol–water partition coefficient (Wildman–Crippen LogP) is 2.86. The van der Waals surface area contributed by atoms with E-state index in [0.717, 1.165) is 12.0 Å². The highest BCUT2D eigenvalue weighted by Crippen LogP contribution is 2.22. The fraction of sp³-hybridized carbons (Fsp3) is 0.333. The Morgan fingerprint density at radius 1 is 1.06 bits per heavy atom. The molecule has 0 bridgehead atoms. The van der Waals surface area contributed by atoms with Gasteiger partial charge in [0.15, 0.2) is 5.69 Å². The third-order valence-corrected chi connectivity index (χ3v) is 5.57. The quantitative estimate of drug-likeness (QED) is 0.594. The Labute approximate surface area is 180 Å². The highest BCUT2D eigenvalue weighted by atomic mass is 16.5. The van der Waals surface area contributed by atoms with Crippen molar-refractivity contribution in [2.24, 2.45) is 5.92 Å². The summed E-state index contributed by atoms with van der Waals surface area (Å²) in [6.07, 6.45) is 1.42. The minimum atomic E-state index is -0.334. The number of hydrogen-bond donors (Lipinski definition) is 0. The number of hydrogen-bond acceptors (Lipinski definition) is 5. The van der Waals surface area contributed by atoms with Crippen molar-refractivity contribution in [2.45, 2.75) is 26.3 Å². The van der Waals surface area contributed by atoms with E-state index in [4.69, 9.17) is 4.74 Å². The molecule has 1 aliphatic rings. The molecule has 1 atom stereocenters. The molecule has 2 heterocycles. The van der Waals surface area contributed by atoms with E-state index in [0.29, 0.717) is 36.9 Å². The first kappa shape index (κ1) is 20.8. The molecule has 1 unspecified atom stereocenters. The van der Waals surface area contributed by atoms with Crippen LogP contribution in [0.2, 0.25) is 0 Å². The second-order valence-electron chi connectivity index (χ2n) is 7.68. The fourth-order valence-corrected chi connectivity index (χ4v) is 4.02. The topological polar surface area (TPSA) is 81.5 Å². The van der Waals surface area contributed by atoms with Gasteiger partial charge in [0.25, 0.3) is 11.5 Å². The van der Waals surface area contributed by atoms with E-state index in [1.54, 1.807) is 36.1 Å². The number of ether oxygens (including phenoxy) is 1. The van der Waals surface area contributed by atoms with Crippen LogP contribution in [-0.4, -0.2) is 46.3 Å². The number of benzene rings is 2. The molecule has 0 N–H and O–H groups in total. The molecule has 3 aromatic rings. The number of esters is 1. The molecule has 1 amide bonds. The Kier molecular flexibility index (Phi) is 6.11. The maximum Gasteiger partial charge on any atom is 0.310 e. The molecule has 160 valence electrons. The minimum Gasteiger partial charge on any atom is -0.466 e. The highest BCUT2D eigenvalue weighted by molar-refractivity contribution is 6.04. The van der Waals surface area contributed by atoms with Crippen LogP contribution < -0.4 is 5.56 Å². The summed E-state index contributed by atoms with van der Waals surface area (Å²) in [5.41, 5.74) is 0.917. The van der Waals surface area contributed by atoms with Gasteiger partial charge in [0.1, 0.15) is 0 Å². The van der Waals surface area contributed by atoms with Gasteiger partial charge in [-0.05, 0) is 31.4 Å². The van der Waals surface area contributed by atoms with Gasteiger partial charge in [0, 0.05) is 18.5 Å². The van der Waals surface area contributed by atoms with Crippen LogP contribution in [0.1, 0.15) is 35.8 Å². The molecular formula is C24H25N3O4. The molecule has 2 aromatic carbocycles. The van der Waals surface area contributed by atoms with Crippen LogP contribution in [0.3, 0.4) is 0 Å². The Bertz CT molecular complexity index is 1160. The van der Waals surface area contributed by atoms with Crippen LogP contribution >= 0.6 is 0 Å². The Morgan fingerprint density at radius 2 is 1.77 bits per heavy atom. The standard InChI is InChI=1S/C24H25N3O4/c1-2-31-24(30)18-11-8-14-26(16-18)23(29)21-19-12-6-7-13-20(19)22(28)27(25-21)15-17-9-4-3-5-10-17/h3-7,9-10,12-13,18H,2,8,11,14-16H2,1H3. The molecule has 1 aromatic heterocycles. The van der Waals surface area contributed by atoms with Crippen molar-refractivity contribution < 1.29 is 14.3 Å². The van der Waals surface area contributed by atoms with Crippen LogP contribution in [0, 0.1) is 5.92 Å². The van der Waals surface area contributed by atoms with Gasteiger partial charge < -0.3 is 9.64 Å². The molecule has 1 fully saturated rings. The molecule has 4 rings (SSSR count). The van der Waals surface area contributed by atoms with Crippen LogP contribution in [0.5, 0.6) is 0 Å². The average Bonchev–Trinajstić information content (AvgIpc) is 2.81. The zero-order valence-electron chi connectivity index (χ0n) is 17.5. The highest BCUT2D eigenvalue weighted by Gasteiger charge is 2.31. The van der Waals surface area contributed by atoms with E-state index in [1.807, 2.05) is 30.3 Å². The molecule has 7 nitrogen and oxygen atoms in total. The molecule has 0 radical (unpaired) electrons. The lowest BCUT2D eigenvalue weighted by Gasteiger charge is -2.31. The summed E-state index contributed by atoms with van der Waals surface area (Å²) in [5, 5.41) is 5.46. The van der Waals surface area contributed by atoms with Gasteiger partial charge in [0.05, 0.1) is 24.5 Å². The van der Waals surface area contributed by atoms with E-state index < -0.39 is 0 Å². The molecule has 7 heteroatoms. The number of amides is 1. The predicted molar refractivity (Wildman–Crippen MR) is 117 cm³/mol. The largest absolute Gasteiger partial charge is 0.466 e. The first-order valence-corrected chi connectivity index (χ1v) is 10.6. The van der Waals surface area contributed by atoms with Crippen LogP contribution in [0.15, 0.2) is 59.4 Å². The maximum absolute atomic E-state index is 13.5. The first-order chi connectivity index (χ1) is 15.1. The third kappa shape index (κ3) is 4.35. The Balaban J connectivity index is 1.70. The van der Waals surface area contributed by atoms with Gasteiger partial charge in [-0.15, -0.1) is 0 Å². The average molecular weight is 419 g/mol. The minimum absolute atomic E-state index is 0.232. The number of carbonyl (C=O) groups is 2. The van der Waals surface area contributed by atoms with Gasteiger partial charge in [-0.2, -0.15) is 5.10 Å². The van der Waals surface area contributed by atoms with Crippen molar-refractivity contribution in [2.75, 3.05) is 19.7 Å². The van der Waals surface area contributed by atoms with Crippen molar-refractivity contribution >= 4 is 22.6 Å². The lowest BCUT2D eigenvalue weighted by Crippen LogP contribution is -2.43. The van der Waals surface area contributed by atoms with E-state index in [1.165, 1.54) is 4.68 Å². The lowest BCUT2D eigenvalue weighted by atomic mass is 9.97. The molecular weight excluding hydrogens is 394 g/mol. The number of fused-ring (bicyclic) bond motifs is 1. The molecule has 1 aliphatic heterocycles. The molecule has 0 aliphatic carbocycles. The smallest absolute Gasteiger partial charge is 0.310 e. The monoisotopic (exact) mass is 419 g/mol. The summed E-state index contributed by atoms with van der Waals surface area (Å²) >= 11 is 0. The van der Waals surface area contributed by atoms with Crippen molar-refractivity contribution in [1.29, 1.82) is 0 Å². The zero-order valence-corrected chi connectivity index (χ0v) is 17.5. The number of piperidine rings is 1. The third-order valence-electron chi connectivity index (χ3n) is 5.57. The molecule has 0 spiro atoms. The lowest BCUT2D eigenvalue weighted by molar-refractivity contribution is -0.149. The number of rotatable bonds is 5. The van der Waals surface area contributed by atoms with Gasteiger partial charge in [-0.1, -0.05) is 48.5 Å². The fourth-order valence-electron chi connectivity index (χ4n) is 4.02. The molecule has 1 saturated heterocycles. The van der Waals surface area contributed by atoms with Crippen LogP contribution in [-0.2, 0) is 16.1 Å². The van der Waals surface area contributed by atoms with Crippen molar-refractivity contribution in [3.63, 3.8) is 0 Å². The van der Waals surface area contributed by atoms with Crippen molar-refractivity contribution in [3.05, 3.63) is 76.2 Å². The van der Waals surface area contributed by atoms with E-state index in [2.05, 4.69) is 5.10 Å². The van der Waals surface area contributed by atoms with Crippen molar-refractivity contribution in [1.82, 2.24) is 14.7 Å². The molecule has 31 heavy (non-hydrogen) atoms. The summed E-state index contributed by atoms with van der Waals surface area (Å²) in [6, 6.07) is 16.6. The van der Waals surface area contributed by atoms with E-state index >= 15 is 0 Å². The maximum atomic E-state index is 13.5. The van der Waals surface area contributed by atoms with Crippen LogP contribution in [0.25, 0.3) is 10.8 Å². The van der Waals surface area contributed by atoms with E-state index in [-0.39, 0.29) is 35.6 Å². The summed E-state index contributed by atoms with van der Waals surface area (Å²) < 4.78 is 6.49. The van der Waals surface area contributed by atoms with E-state index in [9.17, 15) is 14.4 Å². The second-order valence-corrected chi connectivity index (χ2v) is 7.68. The zero-order chi connectivity index (χ0) is 21.8. The number of likely N-dealkylation sites (tertiary alicyclic amines) is 1. The molecule has 0 saturated carbocycles.